The number of aromatic nitrogens is 1. The quantitative estimate of drug-likeness (QED) is 0.525. The van der Waals surface area contributed by atoms with Gasteiger partial charge in [0.2, 0.25) is 5.82 Å². The number of amides is 1. The lowest BCUT2D eigenvalue weighted by atomic mass is 10.2. The molecule has 0 aliphatic carbocycles. The van der Waals surface area contributed by atoms with Crippen LogP contribution in [0.1, 0.15) is 20.8 Å². The van der Waals surface area contributed by atoms with E-state index in [2.05, 4.69) is 15.6 Å². The minimum Gasteiger partial charge on any atom is -0.480 e. The van der Waals surface area contributed by atoms with E-state index in [-0.39, 0.29) is 18.1 Å². The molecule has 1 unspecified atom stereocenters. The molecule has 1 atom stereocenters. The van der Waals surface area contributed by atoms with Gasteiger partial charge < -0.3 is 20.5 Å². The van der Waals surface area contributed by atoms with E-state index < -0.39 is 28.6 Å². The highest BCUT2D eigenvalue weighted by Crippen LogP contribution is 2.20. The predicted octanol–water partition coefficient (Wildman–Crippen LogP) is 1.38. The molecule has 1 aromatic heterocycles. The number of carboxylic acid groups (broad SMARTS) is 1. The summed E-state index contributed by atoms with van der Waals surface area (Å²) in [7, 11) is 0. The topological polar surface area (TPSA) is 144 Å². The summed E-state index contributed by atoms with van der Waals surface area (Å²) in [6, 6.07) is 1.27. The van der Waals surface area contributed by atoms with Crippen molar-refractivity contribution in [3.05, 3.63) is 28.4 Å². The highest BCUT2D eigenvalue weighted by molar-refractivity contribution is 5.80. The lowest BCUT2D eigenvalue weighted by Crippen LogP contribution is -2.47. The Balaban J connectivity index is 2.73. The number of rotatable bonds is 6. The number of anilines is 1. The lowest BCUT2D eigenvalue weighted by molar-refractivity contribution is -0.384. The average Bonchev–Trinajstić information content (AvgIpc) is 2.41. The summed E-state index contributed by atoms with van der Waals surface area (Å²) in [4.78, 5) is 36.8. The lowest BCUT2D eigenvalue weighted by Gasteiger charge is -2.22. The van der Waals surface area contributed by atoms with Gasteiger partial charge in [-0.2, -0.15) is 0 Å². The number of carbonyl (C=O) groups is 2. The number of hydrogen-bond donors (Lipinski definition) is 3. The second kappa shape index (κ2) is 7.38. The standard InChI is InChI=1S/C13H18N4O6/c1-13(2,3)23-12(20)16-8(11(18)19)7-15-10-9(17(21)22)5-4-6-14-10/h4-6,8H,7H2,1-3H3,(H,14,15)(H,16,20)(H,18,19). The third-order valence-corrected chi connectivity index (χ3v) is 2.45. The van der Waals surface area contributed by atoms with Crippen molar-refractivity contribution in [3.8, 4) is 0 Å². The van der Waals surface area contributed by atoms with Crippen LogP contribution in [0.3, 0.4) is 0 Å². The van der Waals surface area contributed by atoms with Crippen LogP contribution in [-0.2, 0) is 9.53 Å². The molecule has 0 fully saturated rings. The first kappa shape index (κ1) is 18.1. The number of nitro groups is 1. The first-order valence-corrected chi connectivity index (χ1v) is 6.66. The fourth-order valence-corrected chi connectivity index (χ4v) is 1.53. The smallest absolute Gasteiger partial charge is 0.408 e. The van der Waals surface area contributed by atoms with Gasteiger partial charge in [0.25, 0.3) is 0 Å². The van der Waals surface area contributed by atoms with Gasteiger partial charge in [-0.25, -0.2) is 14.6 Å². The number of nitrogens with one attached hydrogen (secondary N) is 2. The van der Waals surface area contributed by atoms with E-state index in [0.29, 0.717) is 0 Å². The van der Waals surface area contributed by atoms with E-state index in [1.807, 2.05) is 0 Å². The zero-order valence-electron chi connectivity index (χ0n) is 12.9. The molecule has 0 aliphatic heterocycles. The monoisotopic (exact) mass is 326 g/mol. The van der Waals surface area contributed by atoms with Crippen LogP contribution in [0.25, 0.3) is 0 Å². The zero-order valence-corrected chi connectivity index (χ0v) is 12.9. The van der Waals surface area contributed by atoms with E-state index >= 15 is 0 Å². The number of carbonyl (C=O) groups excluding carboxylic acids is 1. The van der Waals surface area contributed by atoms with Gasteiger partial charge in [-0.05, 0) is 26.8 Å². The van der Waals surface area contributed by atoms with Gasteiger partial charge in [0.1, 0.15) is 11.6 Å². The van der Waals surface area contributed by atoms with Crippen molar-refractivity contribution >= 4 is 23.6 Å². The van der Waals surface area contributed by atoms with Crippen LogP contribution in [0.5, 0.6) is 0 Å². The molecule has 1 rings (SSSR count). The van der Waals surface area contributed by atoms with Gasteiger partial charge >= 0.3 is 17.7 Å². The third kappa shape index (κ3) is 6.16. The maximum Gasteiger partial charge on any atom is 0.408 e. The van der Waals surface area contributed by atoms with Gasteiger partial charge in [0.05, 0.1) is 4.92 Å². The molecule has 1 aromatic rings. The molecule has 0 bridgehead atoms. The number of aliphatic carboxylic acids is 1. The molecule has 0 spiro atoms. The summed E-state index contributed by atoms with van der Waals surface area (Å²) in [5, 5.41) is 24.7. The summed E-state index contributed by atoms with van der Waals surface area (Å²) in [6.45, 7) is 4.61. The van der Waals surface area contributed by atoms with Crippen molar-refractivity contribution in [2.45, 2.75) is 32.4 Å². The molecule has 0 aromatic carbocycles. The summed E-state index contributed by atoms with van der Waals surface area (Å²) in [5.41, 5.74) is -1.07. The molecule has 0 saturated carbocycles. The van der Waals surface area contributed by atoms with E-state index in [4.69, 9.17) is 9.84 Å². The fraction of sp³-hybridized carbons (Fsp3) is 0.462. The normalized spacial score (nSPS) is 12.1. The molecule has 1 amide bonds. The van der Waals surface area contributed by atoms with E-state index in [1.165, 1.54) is 18.3 Å². The molecule has 10 heteroatoms. The first-order chi connectivity index (χ1) is 10.6. The summed E-state index contributed by atoms with van der Waals surface area (Å²) in [5.74, 6) is -1.41. The maximum atomic E-state index is 11.6. The fourth-order valence-electron chi connectivity index (χ4n) is 1.53. The number of pyridine rings is 1. The highest BCUT2D eigenvalue weighted by atomic mass is 16.6. The highest BCUT2D eigenvalue weighted by Gasteiger charge is 2.25. The predicted molar refractivity (Wildman–Crippen MR) is 80.2 cm³/mol. The van der Waals surface area contributed by atoms with E-state index in [0.717, 1.165) is 0 Å². The number of carboxylic acids is 1. The Morgan fingerprint density at radius 3 is 2.65 bits per heavy atom. The van der Waals surface area contributed by atoms with Gasteiger partial charge in [-0.3, -0.25) is 10.1 Å². The Morgan fingerprint density at radius 1 is 1.48 bits per heavy atom. The van der Waals surface area contributed by atoms with Gasteiger partial charge in [0.15, 0.2) is 0 Å². The molecule has 0 aliphatic rings. The van der Waals surface area contributed by atoms with E-state index in [9.17, 15) is 19.7 Å². The van der Waals surface area contributed by atoms with Gasteiger partial charge in [-0.1, -0.05) is 0 Å². The molecule has 3 N–H and O–H groups in total. The Bertz CT molecular complexity index is 598. The van der Waals surface area contributed by atoms with Crippen LogP contribution in [0.2, 0.25) is 0 Å². The minimum atomic E-state index is -1.34. The van der Waals surface area contributed by atoms with Crippen molar-refractivity contribution in [2.24, 2.45) is 0 Å². The molecule has 0 radical (unpaired) electrons. The number of alkyl carbamates (subject to hydrolysis) is 1. The molecule has 126 valence electrons. The summed E-state index contributed by atoms with van der Waals surface area (Å²) >= 11 is 0. The maximum absolute atomic E-state index is 11.6. The van der Waals surface area contributed by atoms with Crippen molar-refractivity contribution < 1.29 is 24.4 Å². The Labute approximate surface area is 132 Å². The molecule has 1 heterocycles. The molecule has 23 heavy (non-hydrogen) atoms. The van der Waals surface area contributed by atoms with Crippen LogP contribution >= 0.6 is 0 Å². The Hall–Kier alpha value is -2.91. The van der Waals surface area contributed by atoms with Crippen molar-refractivity contribution in [2.75, 3.05) is 11.9 Å². The van der Waals surface area contributed by atoms with Gasteiger partial charge in [0, 0.05) is 18.8 Å². The number of ether oxygens (including phenoxy) is 1. The SMILES string of the molecule is CC(C)(C)OC(=O)NC(CNc1ncccc1[N+](=O)[O-])C(=O)O. The summed E-state index contributed by atoms with van der Waals surface area (Å²) < 4.78 is 4.97. The van der Waals surface area contributed by atoms with Crippen LogP contribution in [0, 0.1) is 10.1 Å². The average molecular weight is 326 g/mol. The summed E-state index contributed by atoms with van der Waals surface area (Å²) in [6.07, 6.45) is 0.425. The molecular weight excluding hydrogens is 308 g/mol. The molecular formula is C13H18N4O6. The van der Waals surface area contributed by atoms with Gasteiger partial charge in [-0.15, -0.1) is 0 Å². The number of nitrogens with zero attached hydrogens (tertiary/aromatic N) is 2. The Morgan fingerprint density at radius 2 is 2.13 bits per heavy atom. The zero-order chi connectivity index (χ0) is 17.6. The Kier molecular flexibility index (Phi) is 5.82. The van der Waals surface area contributed by atoms with Crippen molar-refractivity contribution in [1.82, 2.24) is 10.3 Å². The van der Waals surface area contributed by atoms with Crippen LogP contribution in [-0.4, -0.2) is 45.3 Å². The molecule has 0 saturated heterocycles. The van der Waals surface area contributed by atoms with Crippen molar-refractivity contribution in [1.29, 1.82) is 0 Å². The van der Waals surface area contributed by atoms with E-state index in [1.54, 1.807) is 20.8 Å². The first-order valence-electron chi connectivity index (χ1n) is 6.66. The second-order valence-electron chi connectivity index (χ2n) is 5.55. The number of hydrogen-bond acceptors (Lipinski definition) is 7. The van der Waals surface area contributed by atoms with Crippen LogP contribution in [0.4, 0.5) is 16.3 Å². The van der Waals surface area contributed by atoms with Crippen LogP contribution in [0.15, 0.2) is 18.3 Å². The third-order valence-electron chi connectivity index (χ3n) is 2.45. The van der Waals surface area contributed by atoms with Crippen molar-refractivity contribution in [3.63, 3.8) is 0 Å². The minimum absolute atomic E-state index is 0.0882. The molecule has 10 nitrogen and oxygen atoms in total. The largest absolute Gasteiger partial charge is 0.480 e. The van der Waals surface area contributed by atoms with Crippen LogP contribution < -0.4 is 10.6 Å². The second-order valence-corrected chi connectivity index (χ2v) is 5.55.